The first kappa shape index (κ1) is 19.8. The number of hydrogen-bond donors (Lipinski definition) is 2. The van der Waals surface area contributed by atoms with Gasteiger partial charge in [-0.05, 0) is 43.2 Å². The fraction of sp³-hybridized carbons (Fsp3) is 0.143. The number of nitrogen functional groups attached to an aromatic ring is 1. The summed E-state index contributed by atoms with van der Waals surface area (Å²) in [6, 6.07) is 12.6. The Morgan fingerprint density at radius 2 is 2.00 bits per heavy atom. The van der Waals surface area contributed by atoms with Gasteiger partial charge in [-0.15, -0.1) is 0 Å². The number of rotatable bonds is 8. The average Bonchev–Trinajstić information content (AvgIpc) is 2.64. The van der Waals surface area contributed by atoms with Gasteiger partial charge in [0.05, 0.1) is 22.0 Å². The van der Waals surface area contributed by atoms with E-state index in [0.717, 1.165) is 17.7 Å². The monoisotopic (exact) mass is 364 g/mol. The Labute approximate surface area is 159 Å². The number of hydrogen-bond acceptors (Lipinski definition) is 5. The summed E-state index contributed by atoms with van der Waals surface area (Å²) in [5, 5.41) is 13.2. The van der Waals surface area contributed by atoms with Crippen LogP contribution in [-0.2, 0) is 0 Å². The second-order valence-electron chi connectivity index (χ2n) is 5.98. The van der Waals surface area contributed by atoms with Crippen LogP contribution < -0.4 is 16.2 Å². The molecule has 0 saturated carbocycles. The molecule has 0 aliphatic heterocycles. The van der Waals surface area contributed by atoms with Crippen LogP contribution in [0.15, 0.2) is 79.0 Å². The number of benzene rings is 2. The van der Waals surface area contributed by atoms with Gasteiger partial charge >= 0.3 is 0 Å². The van der Waals surface area contributed by atoms with Crippen LogP contribution in [-0.4, -0.2) is 4.92 Å². The van der Waals surface area contributed by atoms with Crippen LogP contribution in [0.25, 0.3) is 0 Å². The molecule has 140 valence electrons. The maximum Gasteiger partial charge on any atom is 0.296 e. The summed E-state index contributed by atoms with van der Waals surface area (Å²) in [5.41, 5.74) is 11.7. The van der Waals surface area contributed by atoms with Crippen molar-refractivity contribution >= 4 is 22.7 Å². The lowest BCUT2D eigenvalue weighted by atomic mass is 10.1. The van der Waals surface area contributed by atoms with E-state index >= 15 is 0 Å². The molecule has 0 saturated heterocycles. The Morgan fingerprint density at radius 1 is 1.30 bits per heavy atom. The third-order valence-electron chi connectivity index (χ3n) is 3.79. The summed E-state index contributed by atoms with van der Waals surface area (Å²) >= 11 is 0. The Kier molecular flexibility index (Phi) is 6.77. The summed E-state index contributed by atoms with van der Waals surface area (Å²) in [6.45, 7) is 7.90. The van der Waals surface area contributed by atoms with Gasteiger partial charge in [0.25, 0.3) is 5.69 Å². The van der Waals surface area contributed by atoms with Gasteiger partial charge in [0.1, 0.15) is 0 Å². The molecule has 2 aromatic carbocycles. The van der Waals surface area contributed by atoms with E-state index in [-0.39, 0.29) is 11.4 Å². The molecule has 0 atom stereocenters. The molecule has 0 aliphatic rings. The zero-order chi connectivity index (χ0) is 19.8. The van der Waals surface area contributed by atoms with Crippen LogP contribution >= 0.6 is 0 Å². The highest BCUT2D eigenvalue weighted by Crippen LogP contribution is 2.34. The van der Waals surface area contributed by atoms with E-state index in [2.05, 4.69) is 18.9 Å². The van der Waals surface area contributed by atoms with Gasteiger partial charge in [0, 0.05) is 6.07 Å². The van der Waals surface area contributed by atoms with Crippen LogP contribution in [0, 0.1) is 17.0 Å². The minimum atomic E-state index is -0.447. The molecule has 2 rings (SSSR count). The van der Waals surface area contributed by atoms with Crippen molar-refractivity contribution in [2.24, 2.45) is 0 Å². The van der Waals surface area contributed by atoms with E-state index in [1.165, 1.54) is 6.07 Å². The molecule has 6 nitrogen and oxygen atoms in total. The lowest BCUT2D eigenvalue weighted by Gasteiger charge is -2.27. The van der Waals surface area contributed by atoms with Gasteiger partial charge < -0.3 is 5.73 Å². The van der Waals surface area contributed by atoms with Crippen molar-refractivity contribution in [2.75, 3.05) is 16.2 Å². The standard InChI is InChI=1S/C21H24N4O2/c1-4-5-6-8-11-17(3)24(18-12-9-7-10-13-18)23-21-19(22)14-16(2)15-20(21)25(26)27/h5-15,23H,3-4,22H2,1-2H3/b6-5-,11-8-. The highest BCUT2D eigenvalue weighted by atomic mass is 16.6. The number of nitro benzene ring substituents is 1. The van der Waals surface area contributed by atoms with Crippen molar-refractivity contribution in [1.82, 2.24) is 0 Å². The minimum absolute atomic E-state index is 0.0870. The fourth-order valence-corrected chi connectivity index (χ4v) is 2.51. The van der Waals surface area contributed by atoms with Crippen LogP contribution in [0.1, 0.15) is 18.9 Å². The van der Waals surface area contributed by atoms with Gasteiger partial charge in [-0.2, -0.15) is 0 Å². The maximum absolute atomic E-state index is 11.5. The second kappa shape index (κ2) is 9.24. The summed E-state index contributed by atoms with van der Waals surface area (Å²) < 4.78 is 0. The van der Waals surface area contributed by atoms with E-state index in [4.69, 9.17) is 5.73 Å². The molecular formula is C21H24N4O2. The summed E-state index contributed by atoms with van der Waals surface area (Å²) in [5.74, 6) is 0. The molecule has 0 aromatic heterocycles. The van der Waals surface area contributed by atoms with E-state index in [1.54, 1.807) is 18.0 Å². The number of para-hydroxylation sites is 1. The van der Waals surface area contributed by atoms with Crippen LogP contribution in [0.2, 0.25) is 0 Å². The molecular weight excluding hydrogens is 340 g/mol. The quantitative estimate of drug-likeness (QED) is 0.285. The van der Waals surface area contributed by atoms with Crippen molar-refractivity contribution < 1.29 is 4.92 Å². The molecule has 0 amide bonds. The fourth-order valence-electron chi connectivity index (χ4n) is 2.51. The van der Waals surface area contributed by atoms with E-state index < -0.39 is 4.92 Å². The molecule has 0 heterocycles. The molecule has 3 N–H and O–H groups in total. The third kappa shape index (κ3) is 5.22. The van der Waals surface area contributed by atoms with Gasteiger partial charge in [0.2, 0.25) is 0 Å². The molecule has 6 heteroatoms. The first-order chi connectivity index (χ1) is 12.9. The summed E-state index contributed by atoms with van der Waals surface area (Å²) in [4.78, 5) is 11.1. The normalized spacial score (nSPS) is 11.0. The molecule has 0 spiro atoms. The van der Waals surface area contributed by atoms with Crippen LogP contribution in [0.5, 0.6) is 0 Å². The molecule has 0 bridgehead atoms. The molecule has 0 unspecified atom stereocenters. The number of hydrazine groups is 1. The Bertz CT molecular complexity index is 873. The van der Waals surface area contributed by atoms with Crippen molar-refractivity contribution in [3.05, 3.63) is 94.7 Å². The number of allylic oxidation sites excluding steroid dienone is 4. The van der Waals surface area contributed by atoms with Crippen molar-refractivity contribution in [3.8, 4) is 0 Å². The molecule has 2 aromatic rings. The molecule has 0 radical (unpaired) electrons. The minimum Gasteiger partial charge on any atom is -0.397 e. The van der Waals surface area contributed by atoms with Crippen molar-refractivity contribution in [2.45, 2.75) is 20.3 Å². The smallest absolute Gasteiger partial charge is 0.296 e. The van der Waals surface area contributed by atoms with Crippen molar-refractivity contribution in [3.63, 3.8) is 0 Å². The lowest BCUT2D eigenvalue weighted by Crippen LogP contribution is -2.28. The predicted molar refractivity (Wildman–Crippen MR) is 113 cm³/mol. The largest absolute Gasteiger partial charge is 0.397 e. The zero-order valence-corrected chi connectivity index (χ0v) is 15.6. The van der Waals surface area contributed by atoms with Gasteiger partial charge in [-0.3, -0.25) is 20.5 Å². The van der Waals surface area contributed by atoms with E-state index in [9.17, 15) is 10.1 Å². The van der Waals surface area contributed by atoms with Crippen molar-refractivity contribution in [1.29, 1.82) is 0 Å². The summed E-state index contributed by atoms with van der Waals surface area (Å²) in [6.07, 6.45) is 8.58. The molecule has 0 fully saturated rings. The zero-order valence-electron chi connectivity index (χ0n) is 15.6. The third-order valence-corrected chi connectivity index (χ3v) is 3.79. The predicted octanol–water partition coefficient (Wildman–Crippen LogP) is 5.36. The Morgan fingerprint density at radius 3 is 2.63 bits per heavy atom. The van der Waals surface area contributed by atoms with E-state index in [1.807, 2.05) is 54.6 Å². The van der Waals surface area contributed by atoms with E-state index in [0.29, 0.717) is 11.4 Å². The molecule has 27 heavy (non-hydrogen) atoms. The maximum atomic E-state index is 11.5. The number of nitrogens with one attached hydrogen (secondary N) is 1. The highest BCUT2D eigenvalue weighted by Gasteiger charge is 2.21. The topological polar surface area (TPSA) is 84.4 Å². The first-order valence-corrected chi connectivity index (χ1v) is 8.62. The number of nitro groups is 1. The second-order valence-corrected chi connectivity index (χ2v) is 5.98. The van der Waals surface area contributed by atoms with Gasteiger partial charge in [-0.25, -0.2) is 0 Å². The first-order valence-electron chi connectivity index (χ1n) is 8.62. The number of nitrogens with two attached hydrogens (primary N) is 1. The van der Waals surface area contributed by atoms with Crippen LogP contribution in [0.3, 0.4) is 0 Å². The number of aryl methyl sites for hydroxylation is 1. The SMILES string of the molecule is C=C(/C=C\C=C/CC)N(Nc1c(N)cc(C)cc1[N+](=O)[O-])c1ccccc1. The summed E-state index contributed by atoms with van der Waals surface area (Å²) in [7, 11) is 0. The number of nitrogens with zero attached hydrogens (tertiary/aromatic N) is 2. The highest BCUT2D eigenvalue weighted by molar-refractivity contribution is 5.80. The average molecular weight is 364 g/mol. The van der Waals surface area contributed by atoms with Gasteiger partial charge in [-0.1, -0.05) is 49.9 Å². The Hall–Kier alpha value is -3.54. The van der Waals surface area contributed by atoms with Crippen LogP contribution in [0.4, 0.5) is 22.7 Å². The Balaban J connectivity index is 2.44. The molecule has 0 aliphatic carbocycles. The lowest BCUT2D eigenvalue weighted by molar-refractivity contribution is -0.383. The number of anilines is 3. The van der Waals surface area contributed by atoms with Gasteiger partial charge in [0.15, 0.2) is 5.69 Å².